The number of nitrogens with one attached hydrogen (secondary N) is 1. The van der Waals surface area contributed by atoms with Crippen molar-refractivity contribution in [1.82, 2.24) is 5.32 Å². The lowest BCUT2D eigenvalue weighted by Crippen LogP contribution is -2.21. The summed E-state index contributed by atoms with van der Waals surface area (Å²) in [7, 11) is -1.56. The lowest BCUT2D eigenvalue weighted by atomic mass is 10.0. The van der Waals surface area contributed by atoms with Gasteiger partial charge in [-0.3, -0.25) is 0 Å². The first kappa shape index (κ1) is 12.1. The van der Waals surface area contributed by atoms with Gasteiger partial charge in [0.2, 0.25) is 9.84 Å². The third-order valence-electron chi connectivity index (χ3n) is 2.95. The van der Waals surface area contributed by atoms with Crippen LogP contribution in [0.1, 0.15) is 18.9 Å². The number of aromatic hydroxyl groups is 1. The molecule has 1 heterocycles. The fourth-order valence-electron chi connectivity index (χ4n) is 1.97. The summed E-state index contributed by atoms with van der Waals surface area (Å²) in [6, 6.07) is 4.74. The van der Waals surface area contributed by atoms with Crippen LogP contribution in [0.5, 0.6) is 5.75 Å². The van der Waals surface area contributed by atoms with Crippen LogP contribution < -0.4 is 5.32 Å². The molecule has 0 saturated heterocycles. The highest BCUT2D eigenvalue weighted by Gasteiger charge is 2.29. The summed E-state index contributed by atoms with van der Waals surface area (Å²) < 4.78 is 23.8. The molecule has 5 heteroatoms. The molecule has 1 aliphatic rings. The lowest BCUT2D eigenvalue weighted by Gasteiger charge is -2.12. The molecule has 0 saturated carbocycles. The summed E-state index contributed by atoms with van der Waals surface area (Å²) in [5, 5.41) is 14.1. The van der Waals surface area contributed by atoms with E-state index in [0.717, 1.165) is 0 Å². The number of fused-ring (bicyclic) bond motifs is 1. The van der Waals surface area contributed by atoms with Crippen molar-refractivity contribution in [2.45, 2.75) is 24.3 Å². The number of sulfone groups is 1. The molecule has 0 aromatic heterocycles. The van der Waals surface area contributed by atoms with Gasteiger partial charge in [-0.1, -0.05) is 6.07 Å². The number of hydrogen-bond acceptors (Lipinski definition) is 4. The van der Waals surface area contributed by atoms with E-state index in [2.05, 4.69) is 5.32 Å². The maximum atomic E-state index is 11.9. The highest BCUT2D eigenvalue weighted by molar-refractivity contribution is 7.95. The second kappa shape index (κ2) is 4.16. The lowest BCUT2D eigenvalue weighted by molar-refractivity contribution is 0.471. The minimum atomic E-state index is -3.38. The molecule has 1 atom stereocenters. The molecular formula is C12H15NO3S. The molecule has 0 aliphatic carbocycles. The molecule has 0 amide bonds. The minimum absolute atomic E-state index is 0.0260. The van der Waals surface area contributed by atoms with Gasteiger partial charge in [0.1, 0.15) is 5.75 Å². The largest absolute Gasteiger partial charge is 0.507 e. The van der Waals surface area contributed by atoms with Gasteiger partial charge < -0.3 is 10.4 Å². The van der Waals surface area contributed by atoms with Gasteiger partial charge in [0, 0.05) is 17.0 Å². The van der Waals surface area contributed by atoms with E-state index in [0.29, 0.717) is 17.6 Å². The summed E-state index contributed by atoms with van der Waals surface area (Å²) in [6.07, 6.45) is 0.570. The highest BCUT2D eigenvalue weighted by atomic mass is 32.2. The van der Waals surface area contributed by atoms with Crippen LogP contribution in [0, 0.1) is 0 Å². The van der Waals surface area contributed by atoms with E-state index in [-0.39, 0.29) is 16.7 Å². The van der Waals surface area contributed by atoms with Crippen LogP contribution in [0.3, 0.4) is 0 Å². The molecule has 2 rings (SSSR count). The predicted molar refractivity (Wildman–Crippen MR) is 66.4 cm³/mol. The fourth-order valence-corrected chi connectivity index (χ4v) is 3.48. The third kappa shape index (κ3) is 2.08. The molecule has 1 unspecified atom stereocenters. The second-order valence-electron chi connectivity index (χ2n) is 4.23. The molecule has 4 nitrogen and oxygen atoms in total. The number of hydrogen-bond donors (Lipinski definition) is 2. The Kier molecular flexibility index (Phi) is 2.97. The second-order valence-corrected chi connectivity index (χ2v) is 6.00. The Balaban J connectivity index is 2.52. The molecule has 1 aliphatic heterocycles. The van der Waals surface area contributed by atoms with Crippen LogP contribution in [0.2, 0.25) is 0 Å². The van der Waals surface area contributed by atoms with E-state index in [1.807, 2.05) is 14.0 Å². The topological polar surface area (TPSA) is 66.4 Å². The Morgan fingerprint density at radius 3 is 2.76 bits per heavy atom. The van der Waals surface area contributed by atoms with Gasteiger partial charge in [-0.15, -0.1) is 0 Å². The average molecular weight is 253 g/mol. The highest BCUT2D eigenvalue weighted by Crippen LogP contribution is 2.40. The first-order valence-electron chi connectivity index (χ1n) is 5.41. The van der Waals surface area contributed by atoms with Crippen molar-refractivity contribution in [2.24, 2.45) is 0 Å². The SMILES string of the molecule is CNC(C)CC1=CS(=O)(=O)c2cccc(O)c21. The van der Waals surface area contributed by atoms with Crippen molar-refractivity contribution >= 4 is 15.4 Å². The minimum Gasteiger partial charge on any atom is -0.507 e. The average Bonchev–Trinajstić information content (AvgIpc) is 2.52. The maximum Gasteiger partial charge on any atom is 0.200 e. The zero-order valence-electron chi connectivity index (χ0n) is 9.77. The zero-order chi connectivity index (χ0) is 12.6. The Bertz CT molecular complexity index is 575. The number of rotatable bonds is 3. The van der Waals surface area contributed by atoms with E-state index in [9.17, 15) is 13.5 Å². The van der Waals surface area contributed by atoms with Gasteiger partial charge in [-0.2, -0.15) is 0 Å². The Labute approximate surface area is 101 Å². The summed E-state index contributed by atoms with van der Waals surface area (Å²) in [5.74, 6) is 0.0260. The zero-order valence-corrected chi connectivity index (χ0v) is 10.6. The van der Waals surface area contributed by atoms with E-state index in [1.165, 1.54) is 17.5 Å². The maximum absolute atomic E-state index is 11.9. The molecule has 0 spiro atoms. The number of phenolic OH excluding ortho intramolecular Hbond substituents is 1. The summed E-state index contributed by atoms with van der Waals surface area (Å²) >= 11 is 0. The molecule has 1 aromatic rings. The van der Waals surface area contributed by atoms with Gasteiger partial charge in [0.25, 0.3) is 0 Å². The molecule has 17 heavy (non-hydrogen) atoms. The monoisotopic (exact) mass is 253 g/mol. The smallest absolute Gasteiger partial charge is 0.200 e. The van der Waals surface area contributed by atoms with Crippen LogP contribution in [0.25, 0.3) is 5.57 Å². The number of benzene rings is 1. The van der Waals surface area contributed by atoms with E-state index in [1.54, 1.807) is 6.07 Å². The molecule has 0 bridgehead atoms. The Hall–Kier alpha value is -1.33. The first-order valence-corrected chi connectivity index (χ1v) is 6.95. The summed E-state index contributed by atoms with van der Waals surface area (Å²) in [4.78, 5) is 0.204. The van der Waals surface area contributed by atoms with Crippen LogP contribution in [0.4, 0.5) is 0 Å². The summed E-state index contributed by atoms with van der Waals surface area (Å²) in [5.41, 5.74) is 1.12. The summed E-state index contributed by atoms with van der Waals surface area (Å²) in [6.45, 7) is 1.96. The fraction of sp³-hybridized carbons (Fsp3) is 0.333. The van der Waals surface area contributed by atoms with E-state index < -0.39 is 9.84 Å². The normalized spacial score (nSPS) is 18.6. The van der Waals surface area contributed by atoms with Crippen molar-refractivity contribution in [3.63, 3.8) is 0 Å². The van der Waals surface area contributed by atoms with Gasteiger partial charge in [0.05, 0.1) is 4.90 Å². The van der Waals surface area contributed by atoms with E-state index in [4.69, 9.17) is 0 Å². The predicted octanol–water partition coefficient (Wildman–Crippen LogP) is 1.52. The number of phenols is 1. The molecule has 1 aromatic carbocycles. The van der Waals surface area contributed by atoms with Crippen molar-refractivity contribution in [3.05, 3.63) is 29.2 Å². The first-order chi connectivity index (χ1) is 7.95. The molecule has 0 fully saturated rings. The van der Waals surface area contributed by atoms with Crippen molar-refractivity contribution < 1.29 is 13.5 Å². The van der Waals surface area contributed by atoms with Gasteiger partial charge in [0.15, 0.2) is 0 Å². The van der Waals surface area contributed by atoms with Crippen LogP contribution in [-0.4, -0.2) is 26.6 Å². The Morgan fingerprint density at radius 2 is 2.12 bits per heavy atom. The Morgan fingerprint density at radius 1 is 1.41 bits per heavy atom. The van der Waals surface area contributed by atoms with Gasteiger partial charge >= 0.3 is 0 Å². The standard InChI is InChI=1S/C12H15NO3S/c1-8(13-2)6-9-7-17(15,16)11-5-3-4-10(14)12(9)11/h3-5,7-8,13-14H,6H2,1-2H3. The van der Waals surface area contributed by atoms with Gasteiger partial charge in [-0.05, 0) is 38.1 Å². The van der Waals surface area contributed by atoms with Crippen LogP contribution in [0.15, 0.2) is 28.5 Å². The molecule has 0 radical (unpaired) electrons. The van der Waals surface area contributed by atoms with Crippen molar-refractivity contribution in [2.75, 3.05) is 7.05 Å². The third-order valence-corrected chi connectivity index (χ3v) is 4.50. The molecule has 92 valence electrons. The van der Waals surface area contributed by atoms with Crippen molar-refractivity contribution in [1.29, 1.82) is 0 Å². The van der Waals surface area contributed by atoms with Crippen LogP contribution >= 0.6 is 0 Å². The van der Waals surface area contributed by atoms with E-state index >= 15 is 0 Å². The molecular weight excluding hydrogens is 238 g/mol. The van der Waals surface area contributed by atoms with Gasteiger partial charge in [-0.25, -0.2) is 8.42 Å². The quantitative estimate of drug-likeness (QED) is 0.857. The molecule has 2 N–H and O–H groups in total. The van der Waals surface area contributed by atoms with Crippen molar-refractivity contribution in [3.8, 4) is 5.75 Å². The van der Waals surface area contributed by atoms with Crippen LogP contribution in [-0.2, 0) is 9.84 Å².